The van der Waals surface area contributed by atoms with Gasteiger partial charge >= 0.3 is 0 Å². The third kappa shape index (κ3) is 2.18. The molecule has 0 aliphatic rings. The molecule has 7 heteroatoms. The lowest BCUT2D eigenvalue weighted by Crippen LogP contribution is -2.21. The summed E-state index contributed by atoms with van der Waals surface area (Å²) in [5, 5.41) is 8.48. The van der Waals surface area contributed by atoms with Crippen LogP contribution < -0.4 is 5.56 Å². The Morgan fingerprint density at radius 1 is 1.25 bits per heavy atom. The first-order valence-electron chi connectivity index (χ1n) is 6.22. The molecular weight excluding hydrogens is 278 g/mol. The van der Waals surface area contributed by atoms with Crippen molar-refractivity contribution in [3.63, 3.8) is 0 Å². The molecule has 102 valence electrons. The summed E-state index contributed by atoms with van der Waals surface area (Å²) < 4.78 is 3.11. The van der Waals surface area contributed by atoms with E-state index >= 15 is 0 Å². The molecule has 20 heavy (non-hydrogen) atoms. The molecule has 0 fully saturated rings. The first kappa shape index (κ1) is 12.8. The minimum Gasteiger partial charge on any atom is -0.293 e. The van der Waals surface area contributed by atoms with E-state index in [0.717, 1.165) is 5.56 Å². The number of fused-ring (bicyclic) bond motifs is 1. The molecule has 0 atom stereocenters. The molecule has 0 saturated heterocycles. The molecule has 0 aliphatic heterocycles. The van der Waals surface area contributed by atoms with Crippen LogP contribution in [-0.4, -0.2) is 24.5 Å². The van der Waals surface area contributed by atoms with Gasteiger partial charge in [-0.3, -0.25) is 9.36 Å². The van der Waals surface area contributed by atoms with Crippen molar-refractivity contribution in [3.05, 3.63) is 51.5 Å². The lowest BCUT2D eigenvalue weighted by atomic mass is 10.2. The Kier molecular flexibility index (Phi) is 3.23. The molecule has 2 heterocycles. The third-order valence-corrected chi connectivity index (χ3v) is 3.31. The van der Waals surface area contributed by atoms with Gasteiger partial charge in [0.1, 0.15) is 6.33 Å². The highest BCUT2D eigenvalue weighted by Gasteiger charge is 2.11. The largest absolute Gasteiger partial charge is 0.293 e. The maximum atomic E-state index is 12.3. The normalized spacial score (nSPS) is 11.1. The van der Waals surface area contributed by atoms with Crippen LogP contribution in [-0.2, 0) is 13.1 Å². The summed E-state index contributed by atoms with van der Waals surface area (Å²) in [6, 6.07) is 7.34. The number of halogens is 1. The summed E-state index contributed by atoms with van der Waals surface area (Å²) in [5.41, 5.74) is 1.60. The molecule has 0 bridgehead atoms. The van der Waals surface area contributed by atoms with Crippen LogP contribution in [0.2, 0.25) is 5.02 Å². The van der Waals surface area contributed by atoms with E-state index in [-0.39, 0.29) is 5.56 Å². The summed E-state index contributed by atoms with van der Waals surface area (Å²) in [5.74, 6) is 0. The summed E-state index contributed by atoms with van der Waals surface area (Å²) in [7, 11) is 0. The molecule has 0 saturated carbocycles. The monoisotopic (exact) mass is 289 g/mol. The lowest BCUT2D eigenvalue weighted by Gasteiger charge is -2.05. The zero-order valence-corrected chi connectivity index (χ0v) is 11.6. The number of aryl methyl sites for hydroxylation is 1. The number of hydrogen-bond donors (Lipinski definition) is 0. The van der Waals surface area contributed by atoms with Gasteiger partial charge in [-0.2, -0.15) is 0 Å². The second-order valence-corrected chi connectivity index (χ2v) is 4.82. The number of aromatic nitrogens is 5. The number of benzene rings is 1. The van der Waals surface area contributed by atoms with E-state index in [1.165, 1.54) is 10.9 Å². The number of rotatable bonds is 3. The molecule has 0 aliphatic carbocycles. The van der Waals surface area contributed by atoms with Gasteiger partial charge in [-0.25, -0.2) is 9.67 Å². The van der Waals surface area contributed by atoms with Crippen LogP contribution in [0.25, 0.3) is 11.2 Å². The van der Waals surface area contributed by atoms with E-state index in [1.54, 1.807) is 16.8 Å². The van der Waals surface area contributed by atoms with Crippen molar-refractivity contribution in [1.82, 2.24) is 24.5 Å². The summed E-state index contributed by atoms with van der Waals surface area (Å²) in [6.45, 7) is 2.98. The Morgan fingerprint density at radius 2 is 2.00 bits per heavy atom. The quantitative estimate of drug-likeness (QED) is 0.736. The van der Waals surface area contributed by atoms with E-state index in [9.17, 15) is 4.79 Å². The second kappa shape index (κ2) is 5.05. The van der Waals surface area contributed by atoms with Crippen LogP contribution in [0.1, 0.15) is 12.5 Å². The van der Waals surface area contributed by atoms with Crippen molar-refractivity contribution in [3.8, 4) is 0 Å². The van der Waals surface area contributed by atoms with Gasteiger partial charge in [0.25, 0.3) is 5.56 Å². The Morgan fingerprint density at radius 3 is 2.70 bits per heavy atom. The van der Waals surface area contributed by atoms with Crippen molar-refractivity contribution in [2.75, 3.05) is 0 Å². The fourth-order valence-corrected chi connectivity index (χ4v) is 2.13. The molecule has 0 radical (unpaired) electrons. The summed E-state index contributed by atoms with van der Waals surface area (Å²) in [4.78, 5) is 16.6. The summed E-state index contributed by atoms with van der Waals surface area (Å²) in [6.07, 6.45) is 1.52. The van der Waals surface area contributed by atoms with Crippen LogP contribution in [0.15, 0.2) is 35.4 Å². The topological polar surface area (TPSA) is 65.6 Å². The average Bonchev–Trinajstić information content (AvgIpc) is 2.88. The van der Waals surface area contributed by atoms with Crippen LogP contribution in [0.5, 0.6) is 0 Å². The second-order valence-electron chi connectivity index (χ2n) is 4.38. The van der Waals surface area contributed by atoms with Crippen molar-refractivity contribution >= 4 is 22.8 Å². The molecule has 3 rings (SSSR count). The van der Waals surface area contributed by atoms with Gasteiger partial charge in [0, 0.05) is 11.6 Å². The maximum Gasteiger partial charge on any atom is 0.283 e. The maximum absolute atomic E-state index is 12.3. The molecule has 0 unspecified atom stereocenters. The highest BCUT2D eigenvalue weighted by atomic mass is 35.5. The first-order chi connectivity index (χ1) is 9.69. The van der Waals surface area contributed by atoms with Crippen molar-refractivity contribution in [2.24, 2.45) is 0 Å². The van der Waals surface area contributed by atoms with Gasteiger partial charge in [-0.1, -0.05) is 28.9 Å². The van der Waals surface area contributed by atoms with Gasteiger partial charge < -0.3 is 0 Å². The fraction of sp³-hybridized carbons (Fsp3) is 0.231. The Bertz CT molecular complexity index is 806. The first-order valence-corrected chi connectivity index (χ1v) is 6.60. The Labute approximate surface area is 119 Å². The average molecular weight is 290 g/mol. The van der Waals surface area contributed by atoms with E-state index in [0.29, 0.717) is 29.3 Å². The van der Waals surface area contributed by atoms with Gasteiger partial charge in [0.05, 0.1) is 6.54 Å². The highest BCUT2D eigenvalue weighted by molar-refractivity contribution is 6.30. The number of nitrogens with zero attached hydrogens (tertiary/aromatic N) is 5. The number of hydrogen-bond acceptors (Lipinski definition) is 4. The van der Waals surface area contributed by atoms with Gasteiger partial charge in [-0.15, -0.1) is 5.10 Å². The Hall–Kier alpha value is -2.21. The van der Waals surface area contributed by atoms with Crippen LogP contribution in [0.3, 0.4) is 0 Å². The van der Waals surface area contributed by atoms with Gasteiger partial charge in [-0.05, 0) is 24.6 Å². The van der Waals surface area contributed by atoms with E-state index < -0.39 is 0 Å². The Balaban J connectivity index is 2.02. The molecule has 3 aromatic rings. The zero-order valence-electron chi connectivity index (χ0n) is 10.8. The van der Waals surface area contributed by atoms with Crippen molar-refractivity contribution < 1.29 is 0 Å². The molecule has 0 amide bonds. The SMILES string of the molecule is CCn1nnc2c(=O)n(Cc3ccc(Cl)cc3)cnc21. The standard InChI is InChI=1S/C13H12ClN5O/c1-2-19-12-11(16-17-19)13(20)18(8-15-12)7-9-3-5-10(14)6-4-9/h3-6,8H,2,7H2,1H3. The van der Waals surface area contributed by atoms with E-state index in [1.807, 2.05) is 19.1 Å². The molecule has 2 aromatic heterocycles. The van der Waals surface area contributed by atoms with E-state index in [4.69, 9.17) is 11.6 Å². The minimum atomic E-state index is -0.190. The predicted molar refractivity (Wildman–Crippen MR) is 75.8 cm³/mol. The van der Waals surface area contributed by atoms with Gasteiger partial charge in [0.2, 0.25) is 0 Å². The zero-order chi connectivity index (χ0) is 14.1. The molecular formula is C13H12ClN5O. The molecule has 6 nitrogen and oxygen atoms in total. The van der Waals surface area contributed by atoms with Crippen LogP contribution in [0.4, 0.5) is 0 Å². The molecule has 0 spiro atoms. The molecule has 0 N–H and O–H groups in total. The predicted octanol–water partition coefficient (Wildman–Crippen LogP) is 1.71. The van der Waals surface area contributed by atoms with E-state index in [2.05, 4.69) is 15.3 Å². The lowest BCUT2D eigenvalue weighted by molar-refractivity contribution is 0.640. The van der Waals surface area contributed by atoms with Gasteiger partial charge in [0.15, 0.2) is 11.2 Å². The van der Waals surface area contributed by atoms with Crippen LogP contribution in [0, 0.1) is 0 Å². The van der Waals surface area contributed by atoms with Crippen molar-refractivity contribution in [1.29, 1.82) is 0 Å². The van der Waals surface area contributed by atoms with Crippen molar-refractivity contribution in [2.45, 2.75) is 20.0 Å². The minimum absolute atomic E-state index is 0.190. The highest BCUT2D eigenvalue weighted by Crippen LogP contribution is 2.10. The molecule has 1 aromatic carbocycles. The summed E-state index contributed by atoms with van der Waals surface area (Å²) >= 11 is 5.84. The fourth-order valence-electron chi connectivity index (χ4n) is 2.00. The third-order valence-electron chi connectivity index (χ3n) is 3.06. The smallest absolute Gasteiger partial charge is 0.283 e. The van der Waals surface area contributed by atoms with Crippen LogP contribution >= 0.6 is 11.6 Å².